The zero-order valence-electron chi connectivity index (χ0n) is 11.6. The summed E-state index contributed by atoms with van der Waals surface area (Å²) in [5, 5.41) is 0.536. The molecule has 1 atom stereocenters. The second-order valence-corrected chi connectivity index (χ2v) is 6.92. The monoisotopic (exact) mass is 382 g/mol. The van der Waals surface area contributed by atoms with Gasteiger partial charge >= 0.3 is 0 Å². The number of alkyl halides is 1. The largest absolute Gasteiger partial charge is 0.295 e. The van der Waals surface area contributed by atoms with Gasteiger partial charge in [0, 0.05) is 9.50 Å². The number of nitrogens with zero attached hydrogens (tertiary/aromatic N) is 2. The van der Waals surface area contributed by atoms with E-state index in [-0.39, 0.29) is 5.38 Å². The number of benzene rings is 2. The minimum absolute atomic E-state index is 0.199. The maximum Gasteiger partial charge on any atom is 0.132 e. The second-order valence-electron chi connectivity index (χ2n) is 4.94. The summed E-state index contributed by atoms with van der Waals surface area (Å²) in [6, 6.07) is 11.9. The molecule has 2 aromatic carbocycles. The third kappa shape index (κ3) is 2.59. The number of fused-ring (bicyclic) bond motifs is 1. The van der Waals surface area contributed by atoms with Crippen molar-refractivity contribution in [1.82, 2.24) is 9.55 Å². The highest BCUT2D eigenvalue weighted by atomic mass is 79.9. The van der Waals surface area contributed by atoms with Crippen molar-refractivity contribution < 1.29 is 0 Å². The quantitative estimate of drug-likeness (QED) is 0.492. The standard InChI is InChI=1S/C16H13BrCl2N2/c1-9-12(19)4-3-5-14(9)21-15-7-6-11(17)8-13(15)20-16(21)10(2)18/h3-8,10H,1-2H3. The van der Waals surface area contributed by atoms with Crippen LogP contribution in [0.2, 0.25) is 5.02 Å². The van der Waals surface area contributed by atoms with E-state index in [2.05, 4.69) is 25.5 Å². The van der Waals surface area contributed by atoms with E-state index in [0.717, 1.165) is 37.6 Å². The molecule has 21 heavy (non-hydrogen) atoms. The predicted molar refractivity (Wildman–Crippen MR) is 92.8 cm³/mol. The van der Waals surface area contributed by atoms with Crippen LogP contribution in [-0.2, 0) is 0 Å². The van der Waals surface area contributed by atoms with Gasteiger partial charge in [-0.2, -0.15) is 0 Å². The minimum atomic E-state index is -0.199. The second kappa shape index (κ2) is 5.64. The zero-order chi connectivity index (χ0) is 15.1. The van der Waals surface area contributed by atoms with Gasteiger partial charge in [-0.25, -0.2) is 4.98 Å². The fraction of sp³-hybridized carbons (Fsp3) is 0.188. The summed E-state index contributed by atoms with van der Waals surface area (Å²) in [6.45, 7) is 3.93. The first-order valence-corrected chi connectivity index (χ1v) is 8.17. The van der Waals surface area contributed by atoms with Gasteiger partial charge in [0.25, 0.3) is 0 Å². The van der Waals surface area contributed by atoms with Crippen molar-refractivity contribution in [2.75, 3.05) is 0 Å². The highest BCUT2D eigenvalue weighted by Crippen LogP contribution is 2.32. The molecule has 3 rings (SSSR count). The molecule has 2 nitrogen and oxygen atoms in total. The van der Waals surface area contributed by atoms with Gasteiger partial charge in [-0.05, 0) is 49.7 Å². The Morgan fingerprint density at radius 2 is 2.00 bits per heavy atom. The van der Waals surface area contributed by atoms with E-state index in [4.69, 9.17) is 23.2 Å². The summed E-state index contributed by atoms with van der Waals surface area (Å²) in [7, 11) is 0. The van der Waals surface area contributed by atoms with Gasteiger partial charge in [-0.3, -0.25) is 4.57 Å². The Kier molecular flexibility index (Phi) is 4.00. The summed E-state index contributed by atoms with van der Waals surface area (Å²) in [5.41, 5.74) is 3.95. The summed E-state index contributed by atoms with van der Waals surface area (Å²) in [4.78, 5) is 4.68. The molecular formula is C16H13BrCl2N2. The van der Waals surface area contributed by atoms with E-state index >= 15 is 0 Å². The lowest BCUT2D eigenvalue weighted by Gasteiger charge is -2.14. The van der Waals surface area contributed by atoms with Crippen molar-refractivity contribution >= 4 is 50.2 Å². The molecule has 0 fully saturated rings. The van der Waals surface area contributed by atoms with Gasteiger partial charge in [0.2, 0.25) is 0 Å². The molecule has 0 saturated heterocycles. The fourth-order valence-electron chi connectivity index (χ4n) is 2.43. The molecule has 0 aliphatic carbocycles. The van der Waals surface area contributed by atoms with E-state index in [1.54, 1.807) is 0 Å². The van der Waals surface area contributed by atoms with Crippen molar-refractivity contribution in [1.29, 1.82) is 0 Å². The average molecular weight is 384 g/mol. The molecule has 0 aliphatic rings. The molecule has 0 N–H and O–H groups in total. The van der Waals surface area contributed by atoms with Crippen LogP contribution in [0.1, 0.15) is 23.7 Å². The van der Waals surface area contributed by atoms with E-state index in [1.807, 2.05) is 50.2 Å². The molecule has 0 saturated carbocycles. The maximum absolute atomic E-state index is 6.33. The Hall–Kier alpha value is -1.03. The zero-order valence-corrected chi connectivity index (χ0v) is 14.7. The molecule has 5 heteroatoms. The van der Waals surface area contributed by atoms with E-state index in [0.29, 0.717) is 0 Å². The van der Waals surface area contributed by atoms with Crippen molar-refractivity contribution in [3.05, 3.63) is 57.3 Å². The van der Waals surface area contributed by atoms with Crippen LogP contribution in [0, 0.1) is 6.92 Å². The summed E-state index contributed by atoms with van der Waals surface area (Å²) in [5.74, 6) is 0.815. The SMILES string of the molecule is Cc1c(Cl)cccc1-n1c(C(C)Cl)nc2cc(Br)ccc21. The number of imidazole rings is 1. The molecule has 108 valence electrons. The van der Waals surface area contributed by atoms with Crippen LogP contribution in [0.15, 0.2) is 40.9 Å². The number of rotatable bonds is 2. The van der Waals surface area contributed by atoms with Gasteiger partial charge in [0.1, 0.15) is 5.82 Å². The maximum atomic E-state index is 6.33. The molecule has 0 radical (unpaired) electrons. The Labute approximate surface area is 141 Å². The molecule has 1 unspecified atom stereocenters. The average Bonchev–Trinajstić information content (AvgIpc) is 2.80. The first-order chi connectivity index (χ1) is 9.99. The van der Waals surface area contributed by atoms with Crippen molar-refractivity contribution in [2.45, 2.75) is 19.2 Å². The first-order valence-electron chi connectivity index (χ1n) is 6.56. The molecule has 0 bridgehead atoms. The first kappa shape index (κ1) is 14.9. The van der Waals surface area contributed by atoms with Gasteiger partial charge < -0.3 is 0 Å². The third-order valence-corrected chi connectivity index (χ3v) is 4.58. The summed E-state index contributed by atoms with van der Waals surface area (Å²) in [6.07, 6.45) is 0. The van der Waals surface area contributed by atoms with Crippen molar-refractivity contribution in [3.63, 3.8) is 0 Å². The van der Waals surface area contributed by atoms with Crippen LogP contribution < -0.4 is 0 Å². The molecular weight excluding hydrogens is 371 g/mol. The lowest BCUT2D eigenvalue weighted by Crippen LogP contribution is -2.04. The number of halogens is 3. The number of hydrogen-bond donors (Lipinski definition) is 0. The van der Waals surface area contributed by atoms with Crippen LogP contribution in [0.3, 0.4) is 0 Å². The smallest absolute Gasteiger partial charge is 0.132 e. The number of hydrogen-bond acceptors (Lipinski definition) is 1. The van der Waals surface area contributed by atoms with Crippen LogP contribution in [0.4, 0.5) is 0 Å². The van der Waals surface area contributed by atoms with E-state index < -0.39 is 0 Å². The van der Waals surface area contributed by atoms with Gasteiger partial charge in [-0.15, -0.1) is 11.6 Å². The normalized spacial score (nSPS) is 12.8. The van der Waals surface area contributed by atoms with Crippen LogP contribution >= 0.6 is 39.1 Å². The fourth-order valence-corrected chi connectivity index (χ4v) is 3.10. The molecule has 3 aromatic rings. The summed E-state index contributed by atoms with van der Waals surface area (Å²) >= 11 is 16.1. The lowest BCUT2D eigenvalue weighted by molar-refractivity contribution is 0.878. The van der Waals surface area contributed by atoms with E-state index in [1.165, 1.54) is 0 Å². The third-order valence-electron chi connectivity index (χ3n) is 3.48. The van der Waals surface area contributed by atoms with Gasteiger partial charge in [0.15, 0.2) is 0 Å². The highest BCUT2D eigenvalue weighted by molar-refractivity contribution is 9.10. The summed E-state index contributed by atoms with van der Waals surface area (Å²) < 4.78 is 3.08. The number of aromatic nitrogens is 2. The molecule has 1 aromatic heterocycles. The van der Waals surface area contributed by atoms with Crippen LogP contribution in [0.5, 0.6) is 0 Å². The highest BCUT2D eigenvalue weighted by Gasteiger charge is 2.18. The Morgan fingerprint density at radius 1 is 1.24 bits per heavy atom. The molecule has 1 heterocycles. The topological polar surface area (TPSA) is 17.8 Å². The van der Waals surface area contributed by atoms with Crippen LogP contribution in [-0.4, -0.2) is 9.55 Å². The molecule has 0 aliphatic heterocycles. The van der Waals surface area contributed by atoms with E-state index in [9.17, 15) is 0 Å². The van der Waals surface area contributed by atoms with Gasteiger partial charge in [-0.1, -0.05) is 33.6 Å². The van der Waals surface area contributed by atoms with Crippen LogP contribution in [0.25, 0.3) is 16.7 Å². The molecule has 0 spiro atoms. The van der Waals surface area contributed by atoms with Crippen molar-refractivity contribution in [2.24, 2.45) is 0 Å². The minimum Gasteiger partial charge on any atom is -0.295 e. The van der Waals surface area contributed by atoms with Gasteiger partial charge in [0.05, 0.1) is 22.1 Å². The Morgan fingerprint density at radius 3 is 2.71 bits per heavy atom. The Bertz CT molecular complexity index is 825. The Balaban J connectivity index is 2.39. The predicted octanol–water partition coefficient (Wildman–Crippen LogP) is 6.05. The molecule has 0 amide bonds. The van der Waals surface area contributed by atoms with Crippen molar-refractivity contribution in [3.8, 4) is 5.69 Å². The lowest BCUT2D eigenvalue weighted by atomic mass is 10.2.